The van der Waals surface area contributed by atoms with Gasteiger partial charge in [-0.15, -0.1) is 0 Å². The largest absolute Gasteiger partial charge is 0.465 e. The Morgan fingerprint density at radius 2 is 0.982 bits per heavy atom. The number of carbonyl (C=O) groups excluding carboxylic acids is 2. The summed E-state index contributed by atoms with van der Waals surface area (Å²) in [6.45, 7) is 3.51. The Kier molecular flexibility index (Phi) is 33.7. The van der Waals surface area contributed by atoms with Gasteiger partial charge in [-0.1, -0.05) is 130 Å². The normalized spacial score (nSPS) is 20.4. The molecule has 57 heavy (non-hydrogen) atoms. The van der Waals surface area contributed by atoms with E-state index in [1.807, 2.05) is 0 Å². The molecule has 0 aromatic rings. The van der Waals surface area contributed by atoms with Crippen LogP contribution in [0.5, 0.6) is 0 Å². The van der Waals surface area contributed by atoms with Gasteiger partial charge in [-0.3, -0.25) is 9.59 Å². The molecule has 5 atom stereocenters. The topological polar surface area (TPSA) is 161 Å². The number of nitrogens with zero attached hydrogens (tertiary/aromatic N) is 1. The first kappa shape index (κ1) is 51.8. The van der Waals surface area contributed by atoms with Crippen LogP contribution in [0.2, 0.25) is 0 Å². The molecule has 3 N–H and O–H groups in total. The van der Waals surface area contributed by atoms with Crippen molar-refractivity contribution in [3.63, 3.8) is 0 Å². The molecule has 0 unspecified atom stereocenters. The van der Waals surface area contributed by atoms with Gasteiger partial charge >= 0.3 is 11.9 Å². The molecule has 1 saturated heterocycles. The van der Waals surface area contributed by atoms with Crippen LogP contribution < -0.4 is 0 Å². The molecule has 0 spiro atoms. The van der Waals surface area contributed by atoms with Gasteiger partial charge < -0.3 is 34.3 Å². The summed E-state index contributed by atoms with van der Waals surface area (Å²) in [6.07, 6.45) is 37.4. The van der Waals surface area contributed by atoms with E-state index < -0.39 is 43.2 Å². The van der Waals surface area contributed by atoms with E-state index in [0.717, 1.165) is 103 Å². The van der Waals surface area contributed by atoms with Crippen LogP contribution in [0.25, 0.3) is 0 Å². The summed E-state index contributed by atoms with van der Waals surface area (Å²) in [6, 6.07) is 0. The highest BCUT2D eigenvalue weighted by Crippen LogP contribution is 2.23. The van der Waals surface area contributed by atoms with Crippen LogP contribution in [0.4, 0.5) is 0 Å². The lowest BCUT2D eigenvalue weighted by Crippen LogP contribution is -2.59. The average Bonchev–Trinajstić information content (AvgIpc) is 3.21. The van der Waals surface area contributed by atoms with Gasteiger partial charge in [-0.05, 0) is 77.0 Å². The van der Waals surface area contributed by atoms with Gasteiger partial charge in [0.1, 0.15) is 31.0 Å². The van der Waals surface area contributed by atoms with Crippen LogP contribution in [-0.2, 0) is 28.5 Å². The first-order chi connectivity index (χ1) is 27.8. The third kappa shape index (κ3) is 28.8. The smallest absolute Gasteiger partial charge is 0.305 e. The van der Waals surface area contributed by atoms with Gasteiger partial charge in [0.25, 0.3) is 0 Å². The molecule has 0 saturated carbocycles. The number of hydrogen-bond acceptors (Lipinski definition) is 11. The maximum absolute atomic E-state index is 12.6. The number of carbonyl (C=O) groups is 2. The van der Waals surface area contributed by atoms with Crippen molar-refractivity contribution in [2.75, 3.05) is 26.4 Å². The van der Waals surface area contributed by atoms with Crippen molar-refractivity contribution in [3.8, 4) is 0 Å². The number of esters is 2. The fraction of sp³-hybridized carbons (Fsp3) is 0.696. The summed E-state index contributed by atoms with van der Waals surface area (Å²) in [5.41, 5.74) is 0. The van der Waals surface area contributed by atoms with E-state index in [9.17, 15) is 29.8 Å². The molecule has 11 heteroatoms. The second-order valence-corrected chi connectivity index (χ2v) is 14.6. The molecule has 0 amide bonds. The molecular weight excluding hydrogens is 727 g/mol. The summed E-state index contributed by atoms with van der Waals surface area (Å²) >= 11 is 0. The van der Waals surface area contributed by atoms with Crippen LogP contribution in [-0.4, -0.2) is 84.3 Å². The molecule has 0 aliphatic carbocycles. The number of unbranched alkanes of at least 4 members (excludes halogenated alkanes) is 10. The van der Waals surface area contributed by atoms with Crippen LogP contribution in [0.3, 0.4) is 0 Å². The Bertz CT molecular complexity index is 1130. The summed E-state index contributed by atoms with van der Waals surface area (Å²) in [5, 5.41) is 33.5. The lowest BCUT2D eigenvalue weighted by Gasteiger charge is -2.39. The van der Waals surface area contributed by atoms with Crippen molar-refractivity contribution in [2.45, 2.75) is 173 Å². The predicted octanol–water partition coefficient (Wildman–Crippen LogP) is 9.46. The van der Waals surface area contributed by atoms with Crippen LogP contribution in [0.15, 0.2) is 78.1 Å². The van der Waals surface area contributed by atoms with E-state index in [4.69, 9.17) is 18.9 Å². The van der Waals surface area contributed by atoms with Crippen LogP contribution in [0.1, 0.15) is 142 Å². The fourth-order valence-corrected chi connectivity index (χ4v) is 6.00. The maximum atomic E-state index is 12.6. The Morgan fingerprint density at radius 1 is 0.561 bits per heavy atom. The van der Waals surface area contributed by atoms with E-state index >= 15 is 0 Å². The van der Waals surface area contributed by atoms with Crippen molar-refractivity contribution >= 4 is 11.9 Å². The standard InChI is InChI=1S/C46H75NO10/c1-3-5-7-9-11-13-15-17-19-21-23-25-27-29-31-33-41(48)54-36-39(38-56-46-45(52)44(51)43(50)40(57-46)35-47-53)37-55-42(49)34-32-30-28-26-24-22-20-18-16-14-12-10-8-6-4-2/h5-8,11-14,17-20,39-40,43-46,50-52H,3-4,9-10,15-16,21-38H2,1-2H3/b7-5-,8-6-,13-11-,14-12-,19-17-,20-18-/t40-,43+,44+,45-,46-/m1/s1. The molecule has 1 heterocycles. The molecule has 324 valence electrons. The van der Waals surface area contributed by atoms with Crippen molar-refractivity contribution in [1.29, 1.82) is 0 Å². The van der Waals surface area contributed by atoms with Gasteiger partial charge in [0.15, 0.2) is 6.29 Å². The first-order valence-corrected chi connectivity index (χ1v) is 21.6. The zero-order valence-electron chi connectivity index (χ0n) is 35.0. The van der Waals surface area contributed by atoms with Gasteiger partial charge in [-0.25, -0.2) is 0 Å². The molecular formula is C46H75NO10. The molecule has 0 aromatic carbocycles. The second-order valence-electron chi connectivity index (χ2n) is 14.6. The number of aliphatic hydroxyl groups excluding tert-OH is 3. The lowest BCUT2D eigenvalue weighted by molar-refractivity contribution is -0.297. The molecule has 1 aliphatic heterocycles. The molecule has 11 nitrogen and oxygen atoms in total. The third-order valence-corrected chi connectivity index (χ3v) is 9.44. The molecule has 1 rings (SSSR count). The van der Waals surface area contributed by atoms with Gasteiger partial charge in [-0.2, -0.15) is 4.91 Å². The van der Waals surface area contributed by atoms with Crippen molar-refractivity contribution in [2.24, 2.45) is 11.1 Å². The molecule has 1 fully saturated rings. The zero-order valence-corrected chi connectivity index (χ0v) is 35.0. The number of aliphatic hydroxyl groups is 3. The van der Waals surface area contributed by atoms with E-state index in [2.05, 4.69) is 91.9 Å². The number of ether oxygens (including phenoxy) is 4. The lowest BCUT2D eigenvalue weighted by atomic mass is 9.99. The molecule has 1 aliphatic rings. The highest BCUT2D eigenvalue weighted by molar-refractivity contribution is 5.69. The Hall–Kier alpha value is -3.22. The summed E-state index contributed by atoms with van der Waals surface area (Å²) in [7, 11) is 0. The highest BCUT2D eigenvalue weighted by Gasteiger charge is 2.44. The number of allylic oxidation sites excluding steroid dienone is 12. The third-order valence-electron chi connectivity index (χ3n) is 9.44. The first-order valence-electron chi connectivity index (χ1n) is 21.6. The minimum Gasteiger partial charge on any atom is -0.465 e. The Balaban J connectivity index is 2.41. The van der Waals surface area contributed by atoms with E-state index in [-0.39, 0.29) is 44.6 Å². The molecule has 0 bridgehead atoms. The number of hydrogen-bond donors (Lipinski definition) is 3. The number of rotatable bonds is 35. The van der Waals surface area contributed by atoms with Crippen LogP contribution >= 0.6 is 0 Å². The summed E-state index contributed by atoms with van der Waals surface area (Å²) in [4.78, 5) is 35.9. The second kappa shape index (κ2) is 37.1. The van der Waals surface area contributed by atoms with Gasteiger partial charge in [0.2, 0.25) is 0 Å². The highest BCUT2D eigenvalue weighted by atomic mass is 16.7. The summed E-state index contributed by atoms with van der Waals surface area (Å²) in [5.74, 6) is -1.30. The maximum Gasteiger partial charge on any atom is 0.305 e. The molecule has 0 radical (unpaired) electrons. The zero-order chi connectivity index (χ0) is 41.6. The summed E-state index contributed by atoms with van der Waals surface area (Å²) < 4.78 is 22.2. The Labute approximate surface area is 343 Å². The predicted molar refractivity (Wildman–Crippen MR) is 227 cm³/mol. The minimum atomic E-state index is -1.62. The van der Waals surface area contributed by atoms with Crippen molar-refractivity contribution in [3.05, 3.63) is 77.8 Å². The van der Waals surface area contributed by atoms with Crippen molar-refractivity contribution < 1.29 is 43.9 Å². The Morgan fingerprint density at radius 3 is 1.44 bits per heavy atom. The monoisotopic (exact) mass is 802 g/mol. The SMILES string of the molecule is CC/C=C\C/C=C\C/C=C\CCCCCCCC(=O)OCC(COC(=O)CCCCCCC/C=C\C/C=C\C/C=C\CC)CO[C@@H]1O[C@H](CN=O)[C@H](O)[C@H](O)[C@H]1O. The van der Waals surface area contributed by atoms with E-state index in [1.54, 1.807) is 0 Å². The number of nitroso groups, excluding NO2 is 1. The quantitative estimate of drug-likeness (QED) is 0.0244. The molecule has 0 aromatic heterocycles. The average molecular weight is 802 g/mol. The van der Waals surface area contributed by atoms with Gasteiger partial charge in [0.05, 0.1) is 25.7 Å². The van der Waals surface area contributed by atoms with Crippen molar-refractivity contribution in [1.82, 2.24) is 0 Å². The minimum absolute atomic E-state index is 0.0859. The van der Waals surface area contributed by atoms with E-state index in [1.165, 1.54) is 0 Å². The van der Waals surface area contributed by atoms with E-state index in [0.29, 0.717) is 12.8 Å². The van der Waals surface area contributed by atoms with Gasteiger partial charge in [0, 0.05) is 12.8 Å². The fourth-order valence-electron chi connectivity index (χ4n) is 6.00. The van der Waals surface area contributed by atoms with Crippen LogP contribution in [0, 0.1) is 10.8 Å².